The summed E-state index contributed by atoms with van der Waals surface area (Å²) in [4.78, 5) is 38.0. The van der Waals surface area contributed by atoms with Gasteiger partial charge < -0.3 is 10.6 Å². The zero-order chi connectivity index (χ0) is 19.6. The molecule has 0 bridgehead atoms. The molecule has 0 radical (unpaired) electrons. The van der Waals surface area contributed by atoms with Gasteiger partial charge in [-0.1, -0.05) is 12.1 Å². The minimum absolute atomic E-state index is 0.0410. The number of hydrogen-bond donors (Lipinski definition) is 1. The standard InChI is InChI=1S/C19H19FN4O3/c1-22-15-4-2-3-5-16(15)24(19(22)27)12-18(26)23(11-10-17(21)25)14-8-6-13(20)7-9-14/h2-9H,10-12H2,1H3,(H2,21,25). The smallest absolute Gasteiger partial charge is 0.329 e. The lowest BCUT2D eigenvalue weighted by Gasteiger charge is -2.22. The molecule has 0 unspecified atom stereocenters. The third kappa shape index (κ3) is 3.74. The molecule has 2 N–H and O–H groups in total. The maximum Gasteiger partial charge on any atom is 0.329 e. The molecule has 0 aliphatic carbocycles. The molecule has 0 saturated heterocycles. The number of aromatic nitrogens is 2. The Bertz CT molecular complexity index is 1050. The third-order valence-electron chi connectivity index (χ3n) is 4.37. The van der Waals surface area contributed by atoms with Crippen LogP contribution in [0.2, 0.25) is 0 Å². The first-order valence-corrected chi connectivity index (χ1v) is 8.37. The van der Waals surface area contributed by atoms with E-state index < -0.39 is 17.6 Å². The maximum atomic E-state index is 13.2. The van der Waals surface area contributed by atoms with Crippen LogP contribution in [0.15, 0.2) is 53.3 Å². The highest BCUT2D eigenvalue weighted by Crippen LogP contribution is 2.17. The van der Waals surface area contributed by atoms with E-state index in [9.17, 15) is 18.8 Å². The second-order valence-corrected chi connectivity index (χ2v) is 6.15. The Hall–Kier alpha value is -3.42. The average molecular weight is 370 g/mol. The van der Waals surface area contributed by atoms with Crippen molar-refractivity contribution in [2.75, 3.05) is 11.4 Å². The average Bonchev–Trinajstić information content (AvgIpc) is 2.88. The van der Waals surface area contributed by atoms with Crippen molar-refractivity contribution in [3.05, 3.63) is 64.8 Å². The topological polar surface area (TPSA) is 90.3 Å². The van der Waals surface area contributed by atoms with E-state index in [1.54, 1.807) is 25.2 Å². The predicted octanol–water partition coefficient (Wildman–Crippen LogP) is 1.39. The van der Waals surface area contributed by atoms with Crippen LogP contribution in [-0.2, 0) is 23.2 Å². The summed E-state index contributed by atoms with van der Waals surface area (Å²) in [6.45, 7) is -0.171. The zero-order valence-electron chi connectivity index (χ0n) is 14.8. The fourth-order valence-corrected chi connectivity index (χ4v) is 2.98. The monoisotopic (exact) mass is 370 g/mol. The summed E-state index contributed by atoms with van der Waals surface area (Å²) in [5.74, 6) is -1.40. The normalized spacial score (nSPS) is 10.9. The first kappa shape index (κ1) is 18.4. The van der Waals surface area contributed by atoms with Crippen molar-refractivity contribution in [2.45, 2.75) is 13.0 Å². The molecule has 0 fully saturated rings. The molecule has 2 amide bonds. The lowest BCUT2D eigenvalue weighted by Crippen LogP contribution is -2.38. The number of aryl methyl sites for hydroxylation is 1. The van der Waals surface area contributed by atoms with Crippen LogP contribution in [-0.4, -0.2) is 27.5 Å². The second kappa shape index (κ2) is 7.45. The van der Waals surface area contributed by atoms with Gasteiger partial charge in [-0.25, -0.2) is 9.18 Å². The van der Waals surface area contributed by atoms with E-state index in [0.29, 0.717) is 16.7 Å². The fraction of sp³-hybridized carbons (Fsp3) is 0.211. The Balaban J connectivity index is 1.95. The van der Waals surface area contributed by atoms with Crippen LogP contribution >= 0.6 is 0 Å². The molecule has 3 aromatic rings. The number of fused-ring (bicyclic) bond motifs is 1. The molecule has 3 rings (SSSR count). The van der Waals surface area contributed by atoms with E-state index in [0.717, 1.165) is 0 Å². The van der Waals surface area contributed by atoms with E-state index >= 15 is 0 Å². The summed E-state index contributed by atoms with van der Waals surface area (Å²) in [5, 5.41) is 0. The lowest BCUT2D eigenvalue weighted by atomic mass is 10.2. The Kier molecular flexibility index (Phi) is 5.07. The van der Waals surface area contributed by atoms with Crippen molar-refractivity contribution in [1.82, 2.24) is 9.13 Å². The van der Waals surface area contributed by atoms with Crippen molar-refractivity contribution in [1.29, 1.82) is 0 Å². The molecule has 7 nitrogen and oxygen atoms in total. The van der Waals surface area contributed by atoms with E-state index in [1.165, 1.54) is 38.3 Å². The van der Waals surface area contributed by atoms with E-state index in [4.69, 9.17) is 5.73 Å². The molecule has 1 heterocycles. The molecular formula is C19H19FN4O3. The molecular weight excluding hydrogens is 351 g/mol. The maximum absolute atomic E-state index is 13.2. The van der Waals surface area contributed by atoms with Crippen LogP contribution in [0.25, 0.3) is 11.0 Å². The number of halogens is 1. The number of hydrogen-bond acceptors (Lipinski definition) is 3. The molecule has 0 aliphatic rings. The van der Waals surface area contributed by atoms with E-state index in [1.807, 2.05) is 6.07 Å². The molecule has 27 heavy (non-hydrogen) atoms. The number of para-hydroxylation sites is 2. The summed E-state index contributed by atoms with van der Waals surface area (Å²) >= 11 is 0. The third-order valence-corrected chi connectivity index (χ3v) is 4.37. The number of nitrogens with zero attached hydrogens (tertiary/aromatic N) is 3. The van der Waals surface area contributed by atoms with Gasteiger partial charge in [0, 0.05) is 25.7 Å². The van der Waals surface area contributed by atoms with Crippen molar-refractivity contribution in [3.8, 4) is 0 Å². The highest BCUT2D eigenvalue weighted by Gasteiger charge is 2.20. The van der Waals surface area contributed by atoms with Gasteiger partial charge in [0.05, 0.1) is 11.0 Å². The molecule has 2 aromatic carbocycles. The number of rotatable bonds is 6. The summed E-state index contributed by atoms with van der Waals surface area (Å²) in [6.07, 6.45) is -0.0481. The van der Waals surface area contributed by atoms with Crippen molar-refractivity contribution in [3.63, 3.8) is 0 Å². The SMILES string of the molecule is Cn1c(=O)n(CC(=O)N(CCC(N)=O)c2ccc(F)cc2)c2ccccc21. The van der Waals surface area contributed by atoms with Crippen LogP contribution in [0.5, 0.6) is 0 Å². The Morgan fingerprint density at radius 2 is 1.70 bits per heavy atom. The minimum Gasteiger partial charge on any atom is -0.370 e. The predicted molar refractivity (Wildman–Crippen MR) is 99.7 cm³/mol. The van der Waals surface area contributed by atoms with Gasteiger partial charge in [0.25, 0.3) is 0 Å². The summed E-state index contributed by atoms with van der Waals surface area (Å²) < 4.78 is 16.1. The van der Waals surface area contributed by atoms with Crippen molar-refractivity contribution < 1.29 is 14.0 Å². The highest BCUT2D eigenvalue weighted by atomic mass is 19.1. The molecule has 0 spiro atoms. The van der Waals surface area contributed by atoms with Crippen molar-refractivity contribution >= 4 is 28.5 Å². The molecule has 0 saturated carbocycles. The zero-order valence-corrected chi connectivity index (χ0v) is 14.8. The number of carbonyl (C=O) groups is 2. The van der Waals surface area contributed by atoms with Gasteiger partial charge in [-0.05, 0) is 36.4 Å². The number of benzene rings is 2. The summed E-state index contributed by atoms with van der Waals surface area (Å²) in [6, 6.07) is 12.5. The summed E-state index contributed by atoms with van der Waals surface area (Å²) in [5.41, 5.74) is 6.65. The Morgan fingerprint density at radius 3 is 2.33 bits per heavy atom. The number of primary amides is 1. The second-order valence-electron chi connectivity index (χ2n) is 6.15. The first-order valence-electron chi connectivity index (χ1n) is 8.37. The Labute approximate surface area is 154 Å². The fourth-order valence-electron chi connectivity index (χ4n) is 2.98. The van der Waals surface area contributed by atoms with Crippen LogP contribution < -0.4 is 16.3 Å². The van der Waals surface area contributed by atoms with Crippen LogP contribution in [0, 0.1) is 5.82 Å². The van der Waals surface area contributed by atoms with Gasteiger partial charge in [-0.15, -0.1) is 0 Å². The first-order chi connectivity index (χ1) is 12.9. The molecule has 8 heteroatoms. The molecule has 1 aromatic heterocycles. The van der Waals surface area contributed by atoms with E-state index in [-0.39, 0.29) is 25.2 Å². The van der Waals surface area contributed by atoms with Gasteiger partial charge in [0.15, 0.2) is 0 Å². The van der Waals surface area contributed by atoms with Crippen LogP contribution in [0.1, 0.15) is 6.42 Å². The quantitative estimate of drug-likeness (QED) is 0.711. The number of anilines is 1. The van der Waals surface area contributed by atoms with Crippen molar-refractivity contribution in [2.24, 2.45) is 12.8 Å². The highest BCUT2D eigenvalue weighted by molar-refractivity contribution is 5.94. The summed E-state index contributed by atoms with van der Waals surface area (Å²) in [7, 11) is 1.64. The molecule has 0 atom stereocenters. The number of nitrogens with two attached hydrogens (primary N) is 1. The largest absolute Gasteiger partial charge is 0.370 e. The minimum atomic E-state index is -0.558. The lowest BCUT2D eigenvalue weighted by molar-refractivity contribution is -0.119. The van der Waals surface area contributed by atoms with Crippen LogP contribution in [0.4, 0.5) is 10.1 Å². The number of imidazole rings is 1. The van der Waals surface area contributed by atoms with Gasteiger partial charge in [-0.3, -0.25) is 18.7 Å². The number of amides is 2. The van der Waals surface area contributed by atoms with Gasteiger partial charge in [-0.2, -0.15) is 0 Å². The molecule has 140 valence electrons. The van der Waals surface area contributed by atoms with E-state index in [2.05, 4.69) is 0 Å². The Morgan fingerprint density at radius 1 is 1.07 bits per heavy atom. The van der Waals surface area contributed by atoms with Crippen LogP contribution in [0.3, 0.4) is 0 Å². The number of carbonyl (C=O) groups excluding carboxylic acids is 2. The van der Waals surface area contributed by atoms with Gasteiger partial charge in [0.1, 0.15) is 12.4 Å². The van der Waals surface area contributed by atoms with Gasteiger partial charge in [0.2, 0.25) is 11.8 Å². The van der Waals surface area contributed by atoms with Gasteiger partial charge >= 0.3 is 5.69 Å². The molecule has 0 aliphatic heterocycles.